The third kappa shape index (κ3) is 3.22. The molecule has 5 heteroatoms. The highest BCUT2D eigenvalue weighted by Gasteiger charge is 2.31. The number of amides is 1. The first-order valence-electron chi connectivity index (χ1n) is 4.20. The summed E-state index contributed by atoms with van der Waals surface area (Å²) in [5.74, 6) is -1.02. The quantitative estimate of drug-likeness (QED) is 0.656. The molecule has 0 saturated carbocycles. The van der Waals surface area contributed by atoms with Crippen molar-refractivity contribution < 1.29 is 9.59 Å². The van der Waals surface area contributed by atoms with Crippen molar-refractivity contribution in [2.45, 2.75) is 11.4 Å². The SMILES string of the molecule is CC(=O)C(Cl)(Cl)NC(=O)c1ccccc1. The fourth-order valence-corrected chi connectivity index (χ4v) is 1.06. The number of rotatable bonds is 3. The molecule has 0 unspecified atom stereocenters. The van der Waals surface area contributed by atoms with Crippen molar-refractivity contribution in [1.82, 2.24) is 5.32 Å². The Balaban J connectivity index is 2.77. The van der Waals surface area contributed by atoms with Crippen LogP contribution >= 0.6 is 23.2 Å². The second kappa shape index (κ2) is 4.64. The molecule has 0 aromatic heterocycles. The minimum absolute atomic E-state index is 0.393. The van der Waals surface area contributed by atoms with Crippen LogP contribution in [-0.2, 0) is 4.79 Å². The van der Waals surface area contributed by atoms with Gasteiger partial charge in [0.15, 0.2) is 5.78 Å². The van der Waals surface area contributed by atoms with Crippen LogP contribution in [0, 0.1) is 0 Å². The predicted molar refractivity (Wildman–Crippen MR) is 59.0 cm³/mol. The summed E-state index contributed by atoms with van der Waals surface area (Å²) < 4.78 is -1.87. The van der Waals surface area contributed by atoms with E-state index in [-0.39, 0.29) is 0 Å². The van der Waals surface area contributed by atoms with Gasteiger partial charge in [-0.2, -0.15) is 0 Å². The Kier molecular flexibility index (Phi) is 3.72. The van der Waals surface area contributed by atoms with Gasteiger partial charge < -0.3 is 5.32 Å². The van der Waals surface area contributed by atoms with E-state index in [0.717, 1.165) is 0 Å². The summed E-state index contributed by atoms with van der Waals surface area (Å²) in [6.45, 7) is 1.20. The fourth-order valence-electron chi connectivity index (χ4n) is 0.892. The van der Waals surface area contributed by atoms with Gasteiger partial charge in [-0.3, -0.25) is 9.59 Å². The molecule has 0 bridgehead atoms. The minimum Gasteiger partial charge on any atom is -0.315 e. The summed E-state index contributed by atoms with van der Waals surface area (Å²) in [4.78, 5) is 22.5. The largest absolute Gasteiger partial charge is 0.315 e. The maximum absolute atomic E-state index is 11.5. The summed E-state index contributed by atoms with van der Waals surface area (Å²) in [5, 5.41) is 2.21. The molecule has 0 atom stereocenters. The number of ketones is 1. The molecule has 3 nitrogen and oxygen atoms in total. The molecule has 0 heterocycles. The number of benzene rings is 1. The lowest BCUT2D eigenvalue weighted by Crippen LogP contribution is -2.44. The third-order valence-electron chi connectivity index (χ3n) is 1.75. The molecular formula is C10H9Cl2NO2. The fraction of sp³-hybridized carbons (Fsp3) is 0.200. The molecule has 15 heavy (non-hydrogen) atoms. The normalized spacial score (nSPS) is 10.9. The van der Waals surface area contributed by atoms with Gasteiger partial charge in [-0.25, -0.2) is 0 Å². The van der Waals surface area contributed by atoms with E-state index >= 15 is 0 Å². The first-order valence-corrected chi connectivity index (χ1v) is 4.95. The van der Waals surface area contributed by atoms with Crippen LogP contribution in [0.5, 0.6) is 0 Å². The second-order valence-electron chi connectivity index (χ2n) is 2.95. The van der Waals surface area contributed by atoms with Gasteiger partial charge in [0.25, 0.3) is 5.91 Å². The minimum atomic E-state index is -1.87. The summed E-state index contributed by atoms with van der Waals surface area (Å²) in [5.41, 5.74) is 0.393. The Bertz CT molecular complexity index is 376. The van der Waals surface area contributed by atoms with Crippen LogP contribution in [-0.4, -0.2) is 16.1 Å². The van der Waals surface area contributed by atoms with Crippen LogP contribution < -0.4 is 5.32 Å². The number of carbonyl (C=O) groups excluding carboxylic acids is 2. The average Bonchev–Trinajstić information content (AvgIpc) is 2.18. The maximum Gasteiger partial charge on any atom is 0.253 e. The molecule has 0 saturated heterocycles. The van der Waals surface area contributed by atoms with Gasteiger partial charge in [0.1, 0.15) is 0 Å². The zero-order valence-electron chi connectivity index (χ0n) is 7.96. The number of carbonyl (C=O) groups is 2. The van der Waals surface area contributed by atoms with Gasteiger partial charge in [-0.05, 0) is 19.1 Å². The number of nitrogens with one attached hydrogen (secondary N) is 1. The molecule has 0 spiro atoms. The summed E-state index contributed by atoms with van der Waals surface area (Å²) in [7, 11) is 0. The van der Waals surface area contributed by atoms with Crippen molar-refractivity contribution in [1.29, 1.82) is 0 Å². The zero-order valence-corrected chi connectivity index (χ0v) is 9.47. The van der Waals surface area contributed by atoms with Gasteiger partial charge in [0, 0.05) is 5.56 Å². The molecule has 1 aromatic rings. The molecule has 0 fully saturated rings. The second-order valence-corrected chi connectivity index (χ2v) is 4.28. The maximum atomic E-state index is 11.5. The van der Waals surface area contributed by atoms with E-state index in [1.54, 1.807) is 30.3 Å². The van der Waals surface area contributed by atoms with Crippen LogP contribution in [0.4, 0.5) is 0 Å². The summed E-state index contributed by atoms with van der Waals surface area (Å²) >= 11 is 11.2. The van der Waals surface area contributed by atoms with Crippen LogP contribution in [0.2, 0.25) is 0 Å². The predicted octanol–water partition coefficient (Wildman–Crippen LogP) is 2.14. The molecular weight excluding hydrogens is 237 g/mol. The molecule has 1 rings (SSSR count). The molecule has 0 radical (unpaired) electrons. The Labute approximate surface area is 97.4 Å². The van der Waals surface area contributed by atoms with Crippen LogP contribution in [0.15, 0.2) is 30.3 Å². The Morgan fingerprint density at radius 3 is 2.20 bits per heavy atom. The standard InChI is InChI=1S/C10H9Cl2NO2/c1-7(14)10(11,12)13-9(15)8-5-3-2-4-6-8/h2-6H,1H3,(H,13,15). The monoisotopic (exact) mass is 245 g/mol. The van der Waals surface area contributed by atoms with Crippen LogP contribution in [0.25, 0.3) is 0 Å². The van der Waals surface area contributed by atoms with E-state index in [1.807, 2.05) is 0 Å². The molecule has 1 aromatic carbocycles. The van der Waals surface area contributed by atoms with Crippen molar-refractivity contribution in [2.75, 3.05) is 0 Å². The van der Waals surface area contributed by atoms with E-state index in [2.05, 4.69) is 5.32 Å². The average molecular weight is 246 g/mol. The van der Waals surface area contributed by atoms with Crippen LogP contribution in [0.1, 0.15) is 17.3 Å². The first-order chi connectivity index (χ1) is 6.93. The summed E-state index contributed by atoms with van der Waals surface area (Å²) in [6.07, 6.45) is 0. The van der Waals surface area contributed by atoms with Crippen LogP contribution in [0.3, 0.4) is 0 Å². The molecule has 1 amide bonds. The van der Waals surface area contributed by atoms with E-state index in [1.165, 1.54) is 6.92 Å². The third-order valence-corrected chi connectivity index (χ3v) is 2.47. The van der Waals surface area contributed by atoms with E-state index < -0.39 is 16.1 Å². The highest BCUT2D eigenvalue weighted by molar-refractivity contribution is 6.58. The Morgan fingerprint density at radius 2 is 1.73 bits per heavy atom. The topological polar surface area (TPSA) is 46.2 Å². The van der Waals surface area contributed by atoms with Crippen molar-refractivity contribution in [3.63, 3.8) is 0 Å². The van der Waals surface area contributed by atoms with E-state index in [9.17, 15) is 9.59 Å². The van der Waals surface area contributed by atoms with Gasteiger partial charge in [-0.15, -0.1) is 0 Å². The van der Waals surface area contributed by atoms with Gasteiger partial charge in [-0.1, -0.05) is 41.4 Å². The smallest absolute Gasteiger partial charge is 0.253 e. The van der Waals surface area contributed by atoms with Crippen molar-refractivity contribution in [2.24, 2.45) is 0 Å². The number of alkyl halides is 2. The van der Waals surface area contributed by atoms with E-state index in [4.69, 9.17) is 23.2 Å². The number of hydrogen-bond donors (Lipinski definition) is 1. The number of Topliss-reactive ketones (excluding diaryl/α,β-unsaturated/α-hetero) is 1. The van der Waals surface area contributed by atoms with E-state index in [0.29, 0.717) is 5.56 Å². The number of halogens is 2. The number of hydrogen-bond acceptors (Lipinski definition) is 2. The lowest BCUT2D eigenvalue weighted by Gasteiger charge is -2.17. The highest BCUT2D eigenvalue weighted by Crippen LogP contribution is 2.18. The zero-order chi connectivity index (χ0) is 11.5. The Hall–Kier alpha value is -1.06. The van der Waals surface area contributed by atoms with Crippen molar-refractivity contribution >= 4 is 34.9 Å². The van der Waals surface area contributed by atoms with Gasteiger partial charge in [0.05, 0.1) is 0 Å². The van der Waals surface area contributed by atoms with Crippen molar-refractivity contribution in [3.8, 4) is 0 Å². The van der Waals surface area contributed by atoms with Gasteiger partial charge >= 0.3 is 0 Å². The molecule has 80 valence electrons. The molecule has 0 aliphatic carbocycles. The van der Waals surface area contributed by atoms with Gasteiger partial charge in [0.2, 0.25) is 4.46 Å². The first kappa shape index (κ1) is 12.0. The lowest BCUT2D eigenvalue weighted by molar-refractivity contribution is -0.118. The molecule has 0 aliphatic heterocycles. The lowest BCUT2D eigenvalue weighted by atomic mass is 10.2. The molecule has 1 N–H and O–H groups in total. The highest BCUT2D eigenvalue weighted by atomic mass is 35.5. The van der Waals surface area contributed by atoms with Crippen molar-refractivity contribution in [3.05, 3.63) is 35.9 Å². The Morgan fingerprint density at radius 1 is 1.20 bits per heavy atom. The molecule has 0 aliphatic rings. The summed E-state index contributed by atoms with van der Waals surface area (Å²) in [6, 6.07) is 8.37.